The largest absolute Gasteiger partial charge is 0.279 e. The second-order valence-corrected chi connectivity index (χ2v) is 4.05. The Labute approximate surface area is 61.4 Å². The highest BCUT2D eigenvalue weighted by atomic mass is 32.2. The normalized spacial score (nSPS) is 25.3. The van der Waals surface area contributed by atoms with Crippen molar-refractivity contribution in [2.24, 2.45) is 0 Å². The fourth-order valence-corrected chi connectivity index (χ4v) is 2.28. The van der Waals surface area contributed by atoms with Gasteiger partial charge in [0.25, 0.3) is 10.2 Å². The maximum atomic E-state index is 11.0. The van der Waals surface area contributed by atoms with E-state index in [1.807, 2.05) is 6.92 Å². The lowest BCUT2D eigenvalue weighted by atomic mass is 10.5. The molecule has 1 aliphatic rings. The second kappa shape index (κ2) is 2.86. The fraction of sp³-hybridized carbons (Fsp3) is 1.00. The van der Waals surface area contributed by atoms with Crippen LogP contribution >= 0.6 is 0 Å². The molecule has 0 aromatic heterocycles. The lowest BCUT2D eigenvalue weighted by Gasteiger charge is -2.10. The van der Waals surface area contributed by atoms with Crippen molar-refractivity contribution < 1.29 is 8.42 Å². The van der Waals surface area contributed by atoms with E-state index in [-0.39, 0.29) is 0 Å². The van der Waals surface area contributed by atoms with Crippen molar-refractivity contribution >= 4 is 10.2 Å². The van der Waals surface area contributed by atoms with E-state index in [1.165, 1.54) is 4.31 Å². The average Bonchev–Trinajstić information content (AvgIpc) is 2.13. The summed E-state index contributed by atoms with van der Waals surface area (Å²) in [5.41, 5.74) is 0. The average molecular weight is 164 g/mol. The second-order valence-electron chi connectivity index (χ2n) is 2.30. The van der Waals surface area contributed by atoms with Crippen LogP contribution in [0.1, 0.15) is 13.3 Å². The van der Waals surface area contributed by atoms with Crippen molar-refractivity contribution in [2.45, 2.75) is 13.3 Å². The number of nitrogens with one attached hydrogen (secondary N) is 1. The predicted molar refractivity (Wildman–Crippen MR) is 38.8 cm³/mol. The molecule has 60 valence electrons. The molecule has 0 radical (unpaired) electrons. The van der Waals surface area contributed by atoms with E-state index in [4.69, 9.17) is 0 Å². The Kier molecular flexibility index (Phi) is 2.28. The molecule has 1 saturated heterocycles. The van der Waals surface area contributed by atoms with Gasteiger partial charge < -0.3 is 0 Å². The molecular formula is C5H12N2O2S. The van der Waals surface area contributed by atoms with Crippen LogP contribution in [0.4, 0.5) is 0 Å². The SMILES string of the molecule is CCCN1CCNS1(=O)=O. The minimum atomic E-state index is -3.07. The summed E-state index contributed by atoms with van der Waals surface area (Å²) in [5, 5.41) is 0. The van der Waals surface area contributed by atoms with Crippen molar-refractivity contribution in [3.05, 3.63) is 0 Å². The Balaban J connectivity index is 2.60. The van der Waals surface area contributed by atoms with E-state index in [1.54, 1.807) is 0 Å². The molecule has 0 spiro atoms. The summed E-state index contributed by atoms with van der Waals surface area (Å²) in [7, 11) is -3.07. The molecule has 4 nitrogen and oxygen atoms in total. The molecule has 5 heteroatoms. The Morgan fingerprint density at radius 3 is 2.70 bits per heavy atom. The van der Waals surface area contributed by atoms with E-state index < -0.39 is 10.2 Å². The molecule has 1 aliphatic heterocycles. The van der Waals surface area contributed by atoms with Crippen molar-refractivity contribution in [3.63, 3.8) is 0 Å². The number of rotatable bonds is 2. The van der Waals surface area contributed by atoms with Gasteiger partial charge in [0.05, 0.1) is 0 Å². The van der Waals surface area contributed by atoms with Gasteiger partial charge in [0, 0.05) is 19.6 Å². The highest BCUT2D eigenvalue weighted by molar-refractivity contribution is 7.87. The fourth-order valence-electron chi connectivity index (χ4n) is 0.992. The first-order valence-electron chi connectivity index (χ1n) is 3.41. The standard InChI is InChI=1S/C5H12N2O2S/c1-2-4-7-5-3-6-10(7,8)9/h6H,2-5H2,1H3. The topological polar surface area (TPSA) is 49.4 Å². The molecule has 0 atom stereocenters. The van der Waals surface area contributed by atoms with Crippen LogP contribution in [0.2, 0.25) is 0 Å². The Morgan fingerprint density at radius 1 is 1.60 bits per heavy atom. The van der Waals surface area contributed by atoms with Crippen LogP contribution in [0.25, 0.3) is 0 Å². The van der Waals surface area contributed by atoms with Crippen molar-refractivity contribution in [3.8, 4) is 0 Å². The van der Waals surface area contributed by atoms with Crippen molar-refractivity contribution in [1.29, 1.82) is 0 Å². The van der Waals surface area contributed by atoms with Gasteiger partial charge in [-0.2, -0.15) is 12.7 Å². The minimum absolute atomic E-state index is 0.558. The van der Waals surface area contributed by atoms with Gasteiger partial charge in [0.1, 0.15) is 0 Å². The lowest BCUT2D eigenvalue weighted by molar-refractivity contribution is 0.449. The Hall–Kier alpha value is -0.130. The van der Waals surface area contributed by atoms with Gasteiger partial charge in [0.15, 0.2) is 0 Å². The molecule has 0 aliphatic carbocycles. The van der Waals surface area contributed by atoms with Crippen LogP contribution in [0.3, 0.4) is 0 Å². The molecule has 0 aromatic carbocycles. The third kappa shape index (κ3) is 1.47. The molecule has 0 amide bonds. The van der Waals surface area contributed by atoms with Crippen molar-refractivity contribution in [1.82, 2.24) is 9.03 Å². The first-order chi connectivity index (χ1) is 4.67. The zero-order valence-corrected chi connectivity index (χ0v) is 6.82. The molecule has 0 unspecified atom stereocenters. The molecular weight excluding hydrogens is 152 g/mol. The Bertz CT molecular complexity index is 200. The highest BCUT2D eigenvalue weighted by Gasteiger charge is 2.25. The third-order valence-corrected chi connectivity index (χ3v) is 3.07. The molecule has 0 bridgehead atoms. The van der Waals surface area contributed by atoms with E-state index in [2.05, 4.69) is 4.72 Å². The molecule has 1 N–H and O–H groups in total. The number of hydrogen-bond acceptors (Lipinski definition) is 2. The molecule has 1 fully saturated rings. The summed E-state index contributed by atoms with van der Waals surface area (Å²) in [5.74, 6) is 0. The number of nitrogens with zero attached hydrogens (tertiary/aromatic N) is 1. The number of hydrogen-bond donors (Lipinski definition) is 1. The van der Waals surface area contributed by atoms with Crippen LogP contribution in [0, 0.1) is 0 Å². The maximum Gasteiger partial charge on any atom is 0.279 e. The maximum absolute atomic E-state index is 11.0. The quantitative estimate of drug-likeness (QED) is 0.600. The zero-order chi connectivity index (χ0) is 7.61. The molecule has 0 aromatic rings. The summed E-state index contributed by atoms with van der Waals surface area (Å²) < 4.78 is 25.8. The van der Waals surface area contributed by atoms with Gasteiger partial charge in [-0.1, -0.05) is 6.92 Å². The van der Waals surface area contributed by atoms with Crippen LogP contribution in [-0.2, 0) is 10.2 Å². The van der Waals surface area contributed by atoms with Gasteiger partial charge >= 0.3 is 0 Å². The predicted octanol–water partition coefficient (Wildman–Crippen LogP) is -0.454. The van der Waals surface area contributed by atoms with E-state index in [9.17, 15) is 8.42 Å². The molecule has 10 heavy (non-hydrogen) atoms. The first kappa shape index (κ1) is 7.97. The summed E-state index contributed by atoms with van der Waals surface area (Å²) in [6, 6.07) is 0. The monoisotopic (exact) mass is 164 g/mol. The third-order valence-electron chi connectivity index (χ3n) is 1.46. The first-order valence-corrected chi connectivity index (χ1v) is 4.85. The van der Waals surface area contributed by atoms with Crippen LogP contribution in [0.15, 0.2) is 0 Å². The summed E-state index contributed by atoms with van der Waals surface area (Å²) in [6.07, 6.45) is 0.876. The van der Waals surface area contributed by atoms with Gasteiger partial charge in [-0.3, -0.25) is 0 Å². The summed E-state index contributed by atoms with van der Waals surface area (Å²) in [6.45, 7) is 3.78. The van der Waals surface area contributed by atoms with Gasteiger partial charge in [-0.05, 0) is 6.42 Å². The minimum Gasteiger partial charge on any atom is -0.201 e. The summed E-state index contributed by atoms with van der Waals surface area (Å²) >= 11 is 0. The van der Waals surface area contributed by atoms with Crippen LogP contribution < -0.4 is 4.72 Å². The van der Waals surface area contributed by atoms with E-state index >= 15 is 0 Å². The van der Waals surface area contributed by atoms with Crippen LogP contribution in [0.5, 0.6) is 0 Å². The van der Waals surface area contributed by atoms with Crippen molar-refractivity contribution in [2.75, 3.05) is 19.6 Å². The summed E-state index contributed by atoms with van der Waals surface area (Å²) in [4.78, 5) is 0. The van der Waals surface area contributed by atoms with E-state index in [0.717, 1.165) is 6.42 Å². The highest BCUT2D eigenvalue weighted by Crippen LogP contribution is 2.03. The van der Waals surface area contributed by atoms with Gasteiger partial charge in [-0.15, -0.1) is 0 Å². The smallest absolute Gasteiger partial charge is 0.201 e. The van der Waals surface area contributed by atoms with E-state index in [0.29, 0.717) is 19.6 Å². The Morgan fingerprint density at radius 2 is 2.30 bits per heavy atom. The zero-order valence-electron chi connectivity index (χ0n) is 6.00. The molecule has 1 rings (SSSR count). The van der Waals surface area contributed by atoms with Gasteiger partial charge in [0.2, 0.25) is 0 Å². The molecule has 1 heterocycles. The lowest BCUT2D eigenvalue weighted by Crippen LogP contribution is -2.29. The molecule has 0 saturated carbocycles. The van der Waals surface area contributed by atoms with Gasteiger partial charge in [-0.25, -0.2) is 4.72 Å². The van der Waals surface area contributed by atoms with Crippen LogP contribution in [-0.4, -0.2) is 32.4 Å².